The molecule has 3 aliphatic rings. The van der Waals surface area contributed by atoms with Crippen LogP contribution in [0.5, 0.6) is 5.75 Å². The molecule has 2 saturated carbocycles. The number of aromatic nitrogens is 3. The number of nitrogens with zero attached hydrogens (tertiary/aromatic N) is 4. The van der Waals surface area contributed by atoms with Crippen LogP contribution in [0, 0.1) is 11.8 Å². The molecule has 2 N–H and O–H groups in total. The molecule has 0 spiro atoms. The average molecular weight is 457 g/mol. The maximum absolute atomic E-state index is 13.2. The Labute approximate surface area is 181 Å². The summed E-state index contributed by atoms with van der Waals surface area (Å²) in [6, 6.07) is 3.34. The Kier molecular flexibility index (Phi) is 4.71. The molecule has 5 rings (SSSR count). The molecular weight excluding hydrogens is 433 g/mol. The van der Waals surface area contributed by atoms with Crippen LogP contribution >= 0.6 is 0 Å². The SMILES string of the molecule is CC(C)n1nc(-c2cnc(N)c(OC(F)(F)F)c2)cc1[C@H]1[C@@H]2C[C@H](N3CC(F)(F)C3)C[C@@H]21. The zero-order chi connectivity index (χ0) is 23.0. The molecule has 0 radical (unpaired) electrons. The van der Waals surface area contributed by atoms with E-state index in [0.29, 0.717) is 23.1 Å². The lowest BCUT2D eigenvalue weighted by molar-refractivity contribution is -0.274. The van der Waals surface area contributed by atoms with E-state index in [-0.39, 0.29) is 36.9 Å². The second kappa shape index (κ2) is 7.03. The first-order valence-electron chi connectivity index (χ1n) is 10.6. The Morgan fingerprint density at radius 1 is 1.16 bits per heavy atom. The summed E-state index contributed by atoms with van der Waals surface area (Å²) in [6.07, 6.45) is -1.73. The van der Waals surface area contributed by atoms with Gasteiger partial charge < -0.3 is 10.5 Å². The normalized spacial score (nSPS) is 29.1. The molecule has 0 unspecified atom stereocenters. The number of hydrogen-bond acceptors (Lipinski definition) is 5. The first kappa shape index (κ1) is 21.4. The molecule has 4 atom stereocenters. The molecule has 1 saturated heterocycles. The summed E-state index contributed by atoms with van der Waals surface area (Å²) < 4.78 is 70.3. The molecule has 2 aromatic heterocycles. The molecule has 32 heavy (non-hydrogen) atoms. The molecule has 3 heterocycles. The van der Waals surface area contributed by atoms with Crippen molar-refractivity contribution in [3.63, 3.8) is 0 Å². The Bertz CT molecular complexity index is 1020. The van der Waals surface area contributed by atoms with Crippen LogP contribution in [0.2, 0.25) is 0 Å². The van der Waals surface area contributed by atoms with Crippen LogP contribution in [0.3, 0.4) is 0 Å². The van der Waals surface area contributed by atoms with E-state index in [1.807, 2.05) is 29.5 Å². The van der Waals surface area contributed by atoms with E-state index in [1.54, 1.807) is 0 Å². The first-order chi connectivity index (χ1) is 14.9. The fraction of sp³-hybridized carbons (Fsp3) is 0.619. The van der Waals surface area contributed by atoms with Gasteiger partial charge in [0.2, 0.25) is 0 Å². The molecular formula is C21H24F5N5O. The third-order valence-electron chi connectivity index (χ3n) is 6.80. The van der Waals surface area contributed by atoms with Gasteiger partial charge in [-0.1, -0.05) is 0 Å². The van der Waals surface area contributed by atoms with Crippen LogP contribution in [0.1, 0.15) is 44.3 Å². The average Bonchev–Trinajstić information content (AvgIpc) is 3.04. The number of ether oxygens (including phenoxy) is 1. The summed E-state index contributed by atoms with van der Waals surface area (Å²) >= 11 is 0. The van der Waals surface area contributed by atoms with Gasteiger partial charge in [0.15, 0.2) is 11.6 Å². The molecule has 0 bridgehead atoms. The van der Waals surface area contributed by atoms with Crippen molar-refractivity contribution >= 4 is 5.82 Å². The van der Waals surface area contributed by atoms with Crippen molar-refractivity contribution in [2.75, 3.05) is 18.8 Å². The van der Waals surface area contributed by atoms with Crippen molar-refractivity contribution in [3.8, 4) is 17.0 Å². The molecule has 11 heteroatoms. The maximum Gasteiger partial charge on any atom is 0.573 e. The second-order valence-corrected chi connectivity index (χ2v) is 9.39. The molecule has 3 fully saturated rings. The maximum atomic E-state index is 13.2. The van der Waals surface area contributed by atoms with Gasteiger partial charge in [0, 0.05) is 35.5 Å². The third-order valence-corrected chi connectivity index (χ3v) is 6.80. The van der Waals surface area contributed by atoms with E-state index in [2.05, 4.69) is 14.8 Å². The van der Waals surface area contributed by atoms with Crippen molar-refractivity contribution in [2.45, 2.75) is 57.0 Å². The lowest BCUT2D eigenvalue weighted by atomic mass is 9.99. The van der Waals surface area contributed by atoms with Gasteiger partial charge in [0.1, 0.15) is 0 Å². The van der Waals surface area contributed by atoms with Gasteiger partial charge in [0.25, 0.3) is 5.92 Å². The summed E-state index contributed by atoms with van der Waals surface area (Å²) in [6.45, 7) is 3.68. The largest absolute Gasteiger partial charge is 0.573 e. The quantitative estimate of drug-likeness (QED) is 0.672. The number of halogens is 5. The van der Waals surface area contributed by atoms with Crippen molar-refractivity contribution < 1.29 is 26.7 Å². The first-order valence-corrected chi connectivity index (χ1v) is 10.6. The van der Waals surface area contributed by atoms with Crippen LogP contribution in [-0.2, 0) is 0 Å². The van der Waals surface area contributed by atoms with E-state index < -0.39 is 18.0 Å². The third kappa shape index (κ3) is 3.80. The zero-order valence-electron chi connectivity index (χ0n) is 17.6. The van der Waals surface area contributed by atoms with Crippen molar-refractivity contribution in [1.82, 2.24) is 19.7 Å². The van der Waals surface area contributed by atoms with Crippen LogP contribution in [0.15, 0.2) is 18.3 Å². The van der Waals surface area contributed by atoms with Crippen LogP contribution < -0.4 is 10.5 Å². The standard InChI is InChI=1S/C21H24F5N5O/c1-10(2)31-16(18-13-4-12(5-14(13)18)30-8-20(22,23)9-30)6-15(29-31)11-3-17(19(27)28-7-11)32-21(24,25)26/h3,6-7,10,12-14,18H,4-5,8-9H2,1-2H3,(H2,27,28)/t12-,13+,14-,18-. The molecule has 2 aliphatic carbocycles. The lowest BCUT2D eigenvalue weighted by Crippen LogP contribution is -2.59. The number of rotatable bonds is 5. The van der Waals surface area contributed by atoms with Crippen molar-refractivity contribution in [2.24, 2.45) is 11.8 Å². The summed E-state index contributed by atoms with van der Waals surface area (Å²) in [5.74, 6) is -2.35. The Balaban J connectivity index is 1.36. The predicted octanol–water partition coefficient (Wildman–Crippen LogP) is 4.45. The number of likely N-dealkylation sites (tertiary alicyclic amines) is 1. The van der Waals surface area contributed by atoms with Gasteiger partial charge in [-0.05, 0) is 50.7 Å². The minimum Gasteiger partial charge on any atom is -0.402 e. The molecule has 1 aliphatic heterocycles. The minimum absolute atomic E-state index is 0.0533. The lowest BCUT2D eigenvalue weighted by Gasteiger charge is -2.43. The Morgan fingerprint density at radius 2 is 1.81 bits per heavy atom. The number of pyridine rings is 1. The van der Waals surface area contributed by atoms with E-state index >= 15 is 0 Å². The zero-order valence-corrected chi connectivity index (χ0v) is 17.6. The number of anilines is 1. The molecule has 2 aromatic rings. The molecule has 0 amide bonds. The van der Waals surface area contributed by atoms with E-state index in [0.717, 1.165) is 18.5 Å². The summed E-state index contributed by atoms with van der Waals surface area (Å²) in [5, 5.41) is 4.63. The summed E-state index contributed by atoms with van der Waals surface area (Å²) in [5.41, 5.74) is 7.43. The number of nitrogens with two attached hydrogens (primary N) is 1. The van der Waals surface area contributed by atoms with Gasteiger partial charge in [-0.25, -0.2) is 13.8 Å². The number of fused-ring (bicyclic) bond motifs is 1. The second-order valence-electron chi connectivity index (χ2n) is 9.39. The highest BCUT2D eigenvalue weighted by atomic mass is 19.4. The smallest absolute Gasteiger partial charge is 0.402 e. The van der Waals surface area contributed by atoms with Crippen LogP contribution in [0.4, 0.5) is 27.8 Å². The summed E-state index contributed by atoms with van der Waals surface area (Å²) in [7, 11) is 0. The number of alkyl halides is 5. The molecule has 6 nitrogen and oxygen atoms in total. The number of hydrogen-bond donors (Lipinski definition) is 1. The van der Waals surface area contributed by atoms with Gasteiger partial charge in [0.05, 0.1) is 18.8 Å². The topological polar surface area (TPSA) is 69.2 Å². The highest BCUT2D eigenvalue weighted by molar-refractivity contribution is 5.64. The monoisotopic (exact) mass is 457 g/mol. The fourth-order valence-electron chi connectivity index (χ4n) is 5.37. The molecule has 174 valence electrons. The fourth-order valence-corrected chi connectivity index (χ4v) is 5.37. The Morgan fingerprint density at radius 3 is 2.38 bits per heavy atom. The van der Waals surface area contributed by atoms with E-state index in [9.17, 15) is 22.0 Å². The molecule has 0 aromatic carbocycles. The van der Waals surface area contributed by atoms with Crippen molar-refractivity contribution in [1.29, 1.82) is 0 Å². The van der Waals surface area contributed by atoms with Crippen molar-refractivity contribution in [3.05, 3.63) is 24.0 Å². The van der Waals surface area contributed by atoms with E-state index in [4.69, 9.17) is 5.73 Å². The summed E-state index contributed by atoms with van der Waals surface area (Å²) in [4.78, 5) is 5.71. The number of nitrogen functional groups attached to an aromatic ring is 1. The van der Waals surface area contributed by atoms with Gasteiger partial charge >= 0.3 is 6.36 Å². The highest BCUT2D eigenvalue weighted by Crippen LogP contribution is 2.64. The van der Waals surface area contributed by atoms with Gasteiger partial charge in [-0.2, -0.15) is 5.10 Å². The Hall–Kier alpha value is -2.43. The van der Waals surface area contributed by atoms with Crippen LogP contribution in [0.25, 0.3) is 11.3 Å². The van der Waals surface area contributed by atoms with Gasteiger partial charge in [-0.3, -0.25) is 9.58 Å². The highest BCUT2D eigenvalue weighted by Gasteiger charge is 2.61. The van der Waals surface area contributed by atoms with E-state index in [1.165, 1.54) is 12.3 Å². The van der Waals surface area contributed by atoms with Crippen LogP contribution in [-0.4, -0.2) is 51.1 Å². The van der Waals surface area contributed by atoms with Gasteiger partial charge in [-0.15, -0.1) is 13.2 Å². The minimum atomic E-state index is -4.88. The predicted molar refractivity (Wildman–Crippen MR) is 106 cm³/mol.